The van der Waals surface area contributed by atoms with Crippen LogP contribution in [-0.4, -0.2) is 23.5 Å². The van der Waals surface area contributed by atoms with E-state index in [9.17, 15) is 4.79 Å². The fourth-order valence-electron chi connectivity index (χ4n) is 2.59. The molecule has 1 aliphatic rings. The topological polar surface area (TPSA) is 67.2 Å². The Kier molecular flexibility index (Phi) is 4.36. The fraction of sp³-hybridized carbons (Fsp3) is 0.467. The van der Waals surface area contributed by atoms with E-state index in [1.165, 1.54) is 11.3 Å². The second-order valence-electron chi connectivity index (χ2n) is 5.42. The molecule has 0 aromatic carbocycles. The zero-order chi connectivity index (χ0) is 14.7. The highest BCUT2D eigenvalue weighted by molar-refractivity contribution is 7.13. The molecule has 112 valence electrons. The zero-order valence-electron chi connectivity index (χ0n) is 12.0. The molecule has 2 atom stereocenters. The van der Waals surface area contributed by atoms with E-state index >= 15 is 0 Å². The first-order chi connectivity index (χ1) is 10.2. The molecule has 3 heterocycles. The summed E-state index contributed by atoms with van der Waals surface area (Å²) in [6, 6.07) is 4.15. The smallest absolute Gasteiger partial charge is 0.223 e. The van der Waals surface area contributed by atoms with Crippen LogP contribution in [0.4, 0.5) is 0 Å². The van der Waals surface area contributed by atoms with Crippen LogP contribution < -0.4 is 10.6 Å². The maximum atomic E-state index is 12.2. The van der Waals surface area contributed by atoms with Crippen LogP contribution in [0.2, 0.25) is 0 Å². The lowest BCUT2D eigenvalue weighted by atomic mass is 9.92. The normalized spacial score (nSPS) is 22.1. The molecule has 1 aliphatic heterocycles. The van der Waals surface area contributed by atoms with Crippen molar-refractivity contribution in [3.8, 4) is 10.8 Å². The summed E-state index contributed by atoms with van der Waals surface area (Å²) in [6.45, 7) is 3.52. The summed E-state index contributed by atoms with van der Waals surface area (Å²) in [5, 5.41) is 9.16. The highest BCUT2D eigenvalue weighted by atomic mass is 32.1. The van der Waals surface area contributed by atoms with E-state index in [1.807, 2.05) is 17.5 Å². The molecule has 0 radical (unpaired) electrons. The van der Waals surface area contributed by atoms with Gasteiger partial charge in [0.25, 0.3) is 0 Å². The molecule has 2 aromatic heterocycles. The van der Waals surface area contributed by atoms with E-state index in [-0.39, 0.29) is 11.8 Å². The van der Waals surface area contributed by atoms with Crippen molar-refractivity contribution in [2.24, 2.45) is 5.92 Å². The summed E-state index contributed by atoms with van der Waals surface area (Å²) >= 11 is 1.53. The molecule has 5 nitrogen and oxygen atoms in total. The Morgan fingerprint density at radius 1 is 1.62 bits per heavy atom. The van der Waals surface area contributed by atoms with Crippen LogP contribution >= 0.6 is 11.3 Å². The molecule has 0 saturated carbocycles. The van der Waals surface area contributed by atoms with Gasteiger partial charge in [-0.3, -0.25) is 4.79 Å². The molecule has 0 bridgehead atoms. The van der Waals surface area contributed by atoms with Gasteiger partial charge in [0.05, 0.1) is 18.5 Å². The number of furan rings is 1. The molecule has 6 heteroatoms. The molecule has 3 rings (SSSR count). The van der Waals surface area contributed by atoms with Gasteiger partial charge >= 0.3 is 0 Å². The average molecular weight is 305 g/mol. The van der Waals surface area contributed by atoms with E-state index in [4.69, 9.17) is 4.42 Å². The van der Waals surface area contributed by atoms with Crippen LogP contribution in [0.5, 0.6) is 0 Å². The first-order valence-corrected chi connectivity index (χ1v) is 8.09. The molecule has 21 heavy (non-hydrogen) atoms. The summed E-state index contributed by atoms with van der Waals surface area (Å²) in [7, 11) is 0. The van der Waals surface area contributed by atoms with Gasteiger partial charge in [-0.15, -0.1) is 11.3 Å². The number of hydrogen-bond acceptors (Lipinski definition) is 5. The largest absolute Gasteiger partial charge is 0.462 e. The Labute approximate surface area is 127 Å². The van der Waals surface area contributed by atoms with Crippen molar-refractivity contribution < 1.29 is 9.21 Å². The number of hydrogen-bond donors (Lipinski definition) is 2. The van der Waals surface area contributed by atoms with Gasteiger partial charge in [0, 0.05) is 17.3 Å². The molecule has 2 aromatic rings. The minimum Gasteiger partial charge on any atom is -0.462 e. The third-order valence-corrected chi connectivity index (χ3v) is 4.63. The Morgan fingerprint density at radius 3 is 3.29 bits per heavy atom. The Morgan fingerprint density at radius 2 is 2.52 bits per heavy atom. The Bertz CT molecular complexity index is 594. The summed E-state index contributed by atoms with van der Waals surface area (Å²) < 4.78 is 5.32. The molecular weight excluding hydrogens is 286 g/mol. The lowest BCUT2D eigenvalue weighted by molar-refractivity contribution is -0.126. The van der Waals surface area contributed by atoms with Crippen LogP contribution in [0.3, 0.4) is 0 Å². The van der Waals surface area contributed by atoms with E-state index in [0.717, 1.165) is 35.8 Å². The lowest BCUT2D eigenvalue weighted by Crippen LogP contribution is -2.42. The van der Waals surface area contributed by atoms with E-state index < -0.39 is 0 Å². The number of amides is 1. The molecule has 2 N–H and O–H groups in total. The maximum absolute atomic E-state index is 12.2. The van der Waals surface area contributed by atoms with Gasteiger partial charge in [-0.25, -0.2) is 4.98 Å². The van der Waals surface area contributed by atoms with Crippen molar-refractivity contribution in [1.82, 2.24) is 15.6 Å². The number of aromatic nitrogens is 1. The van der Waals surface area contributed by atoms with Gasteiger partial charge in [-0.2, -0.15) is 0 Å². The Hall–Kier alpha value is -1.66. The van der Waals surface area contributed by atoms with Gasteiger partial charge in [0.1, 0.15) is 0 Å². The number of rotatable bonds is 4. The van der Waals surface area contributed by atoms with Crippen molar-refractivity contribution in [1.29, 1.82) is 0 Å². The molecule has 0 spiro atoms. The monoisotopic (exact) mass is 305 g/mol. The minimum atomic E-state index is 0.115. The van der Waals surface area contributed by atoms with Crippen LogP contribution in [0.15, 0.2) is 28.2 Å². The van der Waals surface area contributed by atoms with Gasteiger partial charge in [0.15, 0.2) is 10.8 Å². The molecular formula is C15H19N3O2S. The number of nitrogens with one attached hydrogen (secondary N) is 2. The van der Waals surface area contributed by atoms with Crippen molar-refractivity contribution in [3.63, 3.8) is 0 Å². The van der Waals surface area contributed by atoms with Crippen molar-refractivity contribution in [2.45, 2.75) is 32.4 Å². The second kappa shape index (κ2) is 6.41. The lowest BCUT2D eigenvalue weighted by Gasteiger charge is -2.26. The quantitative estimate of drug-likeness (QED) is 0.910. The third kappa shape index (κ3) is 3.51. The Balaban J connectivity index is 1.54. The van der Waals surface area contributed by atoms with Gasteiger partial charge in [-0.05, 0) is 38.4 Å². The van der Waals surface area contributed by atoms with Gasteiger partial charge in [0.2, 0.25) is 5.91 Å². The van der Waals surface area contributed by atoms with E-state index in [1.54, 1.807) is 6.26 Å². The first kappa shape index (κ1) is 14.3. The van der Waals surface area contributed by atoms with Crippen molar-refractivity contribution in [3.05, 3.63) is 29.5 Å². The molecule has 0 aliphatic carbocycles. The van der Waals surface area contributed by atoms with Crippen LogP contribution in [0, 0.1) is 5.92 Å². The first-order valence-electron chi connectivity index (χ1n) is 7.22. The van der Waals surface area contributed by atoms with Crippen molar-refractivity contribution in [2.75, 3.05) is 6.54 Å². The minimum absolute atomic E-state index is 0.115. The van der Waals surface area contributed by atoms with E-state index in [0.29, 0.717) is 12.6 Å². The van der Waals surface area contributed by atoms with Gasteiger partial charge < -0.3 is 15.1 Å². The second-order valence-corrected chi connectivity index (χ2v) is 6.27. The summed E-state index contributed by atoms with van der Waals surface area (Å²) in [5.74, 6) is 1.02. The number of carbonyl (C=O) groups is 1. The van der Waals surface area contributed by atoms with Crippen LogP contribution in [0.25, 0.3) is 10.8 Å². The average Bonchev–Trinajstić information content (AvgIpc) is 3.15. The van der Waals surface area contributed by atoms with Gasteiger partial charge in [-0.1, -0.05) is 0 Å². The third-order valence-electron chi connectivity index (χ3n) is 3.72. The molecule has 1 saturated heterocycles. The summed E-state index contributed by atoms with van der Waals surface area (Å²) in [5.41, 5.74) is 0.877. The van der Waals surface area contributed by atoms with Crippen molar-refractivity contribution >= 4 is 17.2 Å². The predicted molar refractivity (Wildman–Crippen MR) is 81.9 cm³/mol. The molecule has 1 fully saturated rings. The summed E-state index contributed by atoms with van der Waals surface area (Å²) in [6.07, 6.45) is 3.45. The highest BCUT2D eigenvalue weighted by Crippen LogP contribution is 2.24. The predicted octanol–water partition coefficient (Wildman–Crippen LogP) is 2.41. The standard InChI is InChI=1S/C15H19N3O2S/c1-10-7-11(4-5-16-10)14(19)17-8-12-9-21-15(18-12)13-3-2-6-20-13/h2-3,6,9-11,16H,4-5,7-8H2,1H3,(H,17,19)/t10-,11-/m0/s1. The molecule has 0 unspecified atom stereocenters. The maximum Gasteiger partial charge on any atom is 0.223 e. The SMILES string of the molecule is C[C@H]1C[C@@H](C(=O)NCc2csc(-c3ccco3)n2)CCN1. The molecule has 1 amide bonds. The number of piperidine rings is 1. The number of thiazole rings is 1. The highest BCUT2D eigenvalue weighted by Gasteiger charge is 2.24. The van der Waals surface area contributed by atoms with E-state index in [2.05, 4.69) is 22.5 Å². The zero-order valence-corrected chi connectivity index (χ0v) is 12.8. The number of carbonyl (C=O) groups excluding carboxylic acids is 1. The van der Waals surface area contributed by atoms with Crippen LogP contribution in [-0.2, 0) is 11.3 Å². The summed E-state index contributed by atoms with van der Waals surface area (Å²) in [4.78, 5) is 16.7. The number of nitrogens with zero attached hydrogens (tertiary/aromatic N) is 1. The van der Waals surface area contributed by atoms with Crippen LogP contribution in [0.1, 0.15) is 25.5 Å². The fourth-order valence-corrected chi connectivity index (χ4v) is 3.38.